The number of hydrogen-bond acceptors (Lipinski definition) is 2. The highest BCUT2D eigenvalue weighted by Gasteiger charge is 1.96. The first-order valence-electron chi connectivity index (χ1n) is 5.78. The number of hydrogen-bond donors (Lipinski definition) is 1. The molecule has 0 saturated carbocycles. The molecule has 2 aromatic rings. The Morgan fingerprint density at radius 2 is 1.82 bits per heavy atom. The molecule has 2 rings (SSSR count). The first kappa shape index (κ1) is 11.5. The molecule has 0 aliphatic carbocycles. The van der Waals surface area contributed by atoms with Crippen molar-refractivity contribution in [2.45, 2.75) is 13.3 Å². The summed E-state index contributed by atoms with van der Waals surface area (Å²) >= 11 is 0. The van der Waals surface area contributed by atoms with Crippen LogP contribution in [0.2, 0.25) is 0 Å². The zero-order valence-corrected chi connectivity index (χ0v) is 10.0. The smallest absolute Gasteiger partial charge is 0.119 e. The summed E-state index contributed by atoms with van der Waals surface area (Å²) in [5.41, 5.74) is 8.89. The Morgan fingerprint density at radius 1 is 1.06 bits per heavy atom. The fraction of sp³-hybridized carbons (Fsp3) is 0.200. The maximum atomic E-state index is 5.69. The third-order valence-corrected chi connectivity index (χ3v) is 2.63. The van der Waals surface area contributed by atoms with Crippen LogP contribution in [-0.4, -0.2) is 6.61 Å². The quantitative estimate of drug-likeness (QED) is 0.814. The molecular weight excluding hydrogens is 210 g/mol. The predicted octanol–water partition coefficient (Wildman–Crippen LogP) is 3.20. The van der Waals surface area contributed by atoms with Crippen molar-refractivity contribution in [1.29, 1.82) is 0 Å². The van der Waals surface area contributed by atoms with Crippen molar-refractivity contribution in [3.05, 3.63) is 59.7 Å². The molecule has 0 radical (unpaired) electrons. The molecule has 0 unspecified atom stereocenters. The highest BCUT2D eigenvalue weighted by atomic mass is 16.5. The second kappa shape index (κ2) is 5.39. The summed E-state index contributed by atoms with van der Waals surface area (Å²) in [4.78, 5) is 0. The van der Waals surface area contributed by atoms with Crippen LogP contribution < -0.4 is 10.5 Å². The normalized spacial score (nSPS) is 10.2. The molecule has 0 spiro atoms. The lowest BCUT2D eigenvalue weighted by atomic mass is 10.1. The summed E-state index contributed by atoms with van der Waals surface area (Å²) in [5.74, 6) is 0.931. The van der Waals surface area contributed by atoms with Gasteiger partial charge in [-0.2, -0.15) is 0 Å². The van der Waals surface area contributed by atoms with E-state index in [2.05, 4.69) is 13.0 Å². The van der Waals surface area contributed by atoms with Gasteiger partial charge in [-0.3, -0.25) is 0 Å². The Balaban J connectivity index is 1.85. The van der Waals surface area contributed by atoms with Crippen LogP contribution in [-0.2, 0) is 6.42 Å². The molecule has 0 aliphatic rings. The molecule has 2 heteroatoms. The van der Waals surface area contributed by atoms with E-state index >= 15 is 0 Å². The van der Waals surface area contributed by atoms with E-state index in [0.29, 0.717) is 6.61 Å². The van der Waals surface area contributed by atoms with Crippen molar-refractivity contribution >= 4 is 5.69 Å². The molecule has 0 saturated heterocycles. The van der Waals surface area contributed by atoms with Gasteiger partial charge in [0.15, 0.2) is 0 Å². The van der Waals surface area contributed by atoms with Gasteiger partial charge in [0.1, 0.15) is 5.75 Å². The summed E-state index contributed by atoms with van der Waals surface area (Å²) < 4.78 is 5.69. The van der Waals surface area contributed by atoms with Crippen molar-refractivity contribution < 1.29 is 4.74 Å². The van der Waals surface area contributed by atoms with E-state index in [1.807, 2.05) is 42.5 Å². The molecular formula is C15H17NO. The predicted molar refractivity (Wildman–Crippen MR) is 71.2 cm³/mol. The van der Waals surface area contributed by atoms with Crippen molar-refractivity contribution in [3.63, 3.8) is 0 Å². The first-order chi connectivity index (χ1) is 8.24. The monoisotopic (exact) mass is 227 g/mol. The lowest BCUT2D eigenvalue weighted by Crippen LogP contribution is -2.01. The third kappa shape index (κ3) is 3.52. The number of benzene rings is 2. The summed E-state index contributed by atoms with van der Waals surface area (Å²) in [7, 11) is 0. The molecule has 0 aromatic heterocycles. The van der Waals surface area contributed by atoms with Crippen molar-refractivity contribution in [1.82, 2.24) is 0 Å². The molecule has 17 heavy (non-hydrogen) atoms. The van der Waals surface area contributed by atoms with E-state index in [4.69, 9.17) is 10.5 Å². The maximum absolute atomic E-state index is 5.69. The molecule has 0 heterocycles. The number of nitrogens with two attached hydrogens (primary N) is 1. The fourth-order valence-electron chi connectivity index (χ4n) is 1.68. The van der Waals surface area contributed by atoms with Gasteiger partial charge in [0.2, 0.25) is 0 Å². The van der Waals surface area contributed by atoms with Gasteiger partial charge in [0, 0.05) is 12.1 Å². The van der Waals surface area contributed by atoms with E-state index in [-0.39, 0.29) is 0 Å². The third-order valence-electron chi connectivity index (χ3n) is 2.63. The molecule has 88 valence electrons. The van der Waals surface area contributed by atoms with Gasteiger partial charge >= 0.3 is 0 Å². The van der Waals surface area contributed by atoms with Crippen molar-refractivity contribution in [2.75, 3.05) is 12.3 Å². The Hall–Kier alpha value is -1.96. The molecule has 0 bridgehead atoms. The molecule has 0 atom stereocenters. The minimum Gasteiger partial charge on any atom is -0.493 e. The van der Waals surface area contributed by atoms with Crippen LogP contribution in [0.3, 0.4) is 0 Å². The Labute approximate surface area is 102 Å². The van der Waals surface area contributed by atoms with Gasteiger partial charge in [-0.05, 0) is 42.3 Å². The SMILES string of the molecule is Cc1cccc(OCCc2ccc(N)cc2)c1. The number of aryl methyl sites for hydroxylation is 1. The van der Waals surface area contributed by atoms with E-state index in [1.165, 1.54) is 11.1 Å². The maximum Gasteiger partial charge on any atom is 0.119 e. The van der Waals surface area contributed by atoms with E-state index in [0.717, 1.165) is 17.9 Å². The number of anilines is 1. The summed E-state index contributed by atoms with van der Waals surface area (Å²) in [6.45, 7) is 2.75. The molecule has 0 amide bonds. The standard InChI is InChI=1S/C15H17NO/c1-12-3-2-4-15(11-12)17-10-9-13-5-7-14(16)8-6-13/h2-8,11H,9-10,16H2,1H3. The van der Waals surface area contributed by atoms with Crippen LogP contribution in [0.25, 0.3) is 0 Å². The van der Waals surface area contributed by atoms with Gasteiger partial charge < -0.3 is 10.5 Å². The van der Waals surface area contributed by atoms with Gasteiger partial charge in [0.25, 0.3) is 0 Å². The van der Waals surface area contributed by atoms with Gasteiger partial charge in [-0.15, -0.1) is 0 Å². The zero-order valence-electron chi connectivity index (χ0n) is 10.0. The largest absolute Gasteiger partial charge is 0.493 e. The first-order valence-corrected chi connectivity index (χ1v) is 5.78. The van der Waals surface area contributed by atoms with E-state index in [9.17, 15) is 0 Å². The molecule has 2 N–H and O–H groups in total. The number of ether oxygens (including phenoxy) is 1. The van der Waals surface area contributed by atoms with Crippen LogP contribution in [0, 0.1) is 6.92 Å². The molecule has 2 nitrogen and oxygen atoms in total. The lowest BCUT2D eigenvalue weighted by Gasteiger charge is -2.07. The van der Waals surface area contributed by atoms with E-state index in [1.54, 1.807) is 0 Å². The summed E-state index contributed by atoms with van der Waals surface area (Å²) in [6, 6.07) is 16.0. The molecule has 2 aromatic carbocycles. The van der Waals surface area contributed by atoms with Crippen LogP contribution in [0.1, 0.15) is 11.1 Å². The van der Waals surface area contributed by atoms with E-state index < -0.39 is 0 Å². The van der Waals surface area contributed by atoms with Crippen LogP contribution >= 0.6 is 0 Å². The van der Waals surface area contributed by atoms with Gasteiger partial charge in [0.05, 0.1) is 6.61 Å². The second-order valence-corrected chi connectivity index (χ2v) is 4.16. The van der Waals surface area contributed by atoms with Crippen molar-refractivity contribution in [2.24, 2.45) is 0 Å². The minimum atomic E-state index is 0.688. The lowest BCUT2D eigenvalue weighted by molar-refractivity contribution is 0.322. The molecule has 0 fully saturated rings. The summed E-state index contributed by atoms with van der Waals surface area (Å²) in [6.07, 6.45) is 0.897. The van der Waals surface area contributed by atoms with Crippen LogP contribution in [0.4, 0.5) is 5.69 Å². The average Bonchev–Trinajstić information content (AvgIpc) is 2.32. The Kier molecular flexibility index (Phi) is 3.66. The minimum absolute atomic E-state index is 0.688. The highest BCUT2D eigenvalue weighted by Crippen LogP contribution is 2.13. The van der Waals surface area contributed by atoms with Crippen LogP contribution in [0.15, 0.2) is 48.5 Å². The Bertz CT molecular complexity index is 477. The molecule has 0 aliphatic heterocycles. The van der Waals surface area contributed by atoms with Gasteiger partial charge in [-0.1, -0.05) is 24.3 Å². The highest BCUT2D eigenvalue weighted by molar-refractivity contribution is 5.39. The number of nitrogen functional groups attached to an aromatic ring is 1. The average molecular weight is 227 g/mol. The van der Waals surface area contributed by atoms with Crippen LogP contribution in [0.5, 0.6) is 5.75 Å². The van der Waals surface area contributed by atoms with Gasteiger partial charge in [-0.25, -0.2) is 0 Å². The zero-order chi connectivity index (χ0) is 12.1. The topological polar surface area (TPSA) is 35.2 Å². The Morgan fingerprint density at radius 3 is 2.53 bits per heavy atom. The second-order valence-electron chi connectivity index (χ2n) is 4.16. The number of rotatable bonds is 4. The fourth-order valence-corrected chi connectivity index (χ4v) is 1.68. The summed E-state index contributed by atoms with van der Waals surface area (Å²) in [5, 5.41) is 0. The van der Waals surface area contributed by atoms with Crippen molar-refractivity contribution in [3.8, 4) is 5.75 Å².